The molecule has 3 aromatic rings. The van der Waals surface area contributed by atoms with E-state index in [1.54, 1.807) is 26.5 Å². The van der Waals surface area contributed by atoms with Gasteiger partial charge in [0, 0.05) is 36.1 Å². The molecule has 0 saturated heterocycles. The van der Waals surface area contributed by atoms with E-state index < -0.39 is 0 Å². The number of para-hydroxylation sites is 2. The third-order valence-corrected chi connectivity index (χ3v) is 4.30. The zero-order valence-electron chi connectivity index (χ0n) is 15.9. The maximum Gasteiger partial charge on any atom is 0.270 e. The van der Waals surface area contributed by atoms with Crippen LogP contribution in [-0.4, -0.2) is 25.1 Å². The molecule has 0 saturated carbocycles. The fraction of sp³-hybridized carbons (Fsp3) is 0.182. The van der Waals surface area contributed by atoms with Crippen LogP contribution < -0.4 is 20.1 Å². The van der Waals surface area contributed by atoms with Crippen molar-refractivity contribution >= 4 is 11.6 Å². The van der Waals surface area contributed by atoms with Crippen LogP contribution in [0.2, 0.25) is 0 Å². The monoisotopic (exact) mass is 377 g/mol. The van der Waals surface area contributed by atoms with Gasteiger partial charge in [-0.15, -0.1) is 0 Å². The molecule has 144 valence electrons. The number of carbonyl (C=O) groups excluding carboxylic acids is 1. The number of nitrogens with one attached hydrogen (secondary N) is 2. The molecule has 0 radical (unpaired) electrons. The zero-order valence-corrected chi connectivity index (χ0v) is 15.9. The molecule has 0 unspecified atom stereocenters. The zero-order chi connectivity index (χ0) is 19.8. The molecule has 0 atom stereocenters. The molecule has 1 heterocycles. The van der Waals surface area contributed by atoms with Crippen molar-refractivity contribution in [1.82, 2.24) is 10.3 Å². The second-order valence-electron chi connectivity index (χ2n) is 6.09. The summed E-state index contributed by atoms with van der Waals surface area (Å²) in [4.78, 5) is 16.7. The van der Waals surface area contributed by atoms with Gasteiger partial charge in [-0.25, -0.2) is 0 Å². The van der Waals surface area contributed by atoms with E-state index >= 15 is 0 Å². The van der Waals surface area contributed by atoms with E-state index in [0.717, 1.165) is 28.3 Å². The highest BCUT2D eigenvalue weighted by atomic mass is 16.5. The SMILES string of the molecule is COc1ccccc1CNC(=O)c1cc(NCc2ccccc2OC)ccn1. The Morgan fingerprint density at radius 2 is 1.50 bits per heavy atom. The third kappa shape index (κ3) is 4.79. The predicted molar refractivity (Wildman–Crippen MR) is 109 cm³/mol. The second-order valence-corrected chi connectivity index (χ2v) is 6.09. The molecule has 1 amide bonds. The van der Waals surface area contributed by atoms with Crippen molar-refractivity contribution in [3.8, 4) is 11.5 Å². The molecule has 0 aliphatic carbocycles. The molecule has 28 heavy (non-hydrogen) atoms. The Hall–Kier alpha value is -3.54. The van der Waals surface area contributed by atoms with Gasteiger partial charge in [0.1, 0.15) is 17.2 Å². The van der Waals surface area contributed by atoms with Crippen molar-refractivity contribution in [3.63, 3.8) is 0 Å². The van der Waals surface area contributed by atoms with E-state index in [-0.39, 0.29) is 5.91 Å². The maximum absolute atomic E-state index is 12.5. The fourth-order valence-corrected chi connectivity index (χ4v) is 2.83. The van der Waals surface area contributed by atoms with Crippen LogP contribution in [0.5, 0.6) is 11.5 Å². The molecule has 0 fully saturated rings. The topological polar surface area (TPSA) is 72.5 Å². The first-order valence-electron chi connectivity index (χ1n) is 8.93. The van der Waals surface area contributed by atoms with E-state index in [2.05, 4.69) is 15.6 Å². The first-order chi connectivity index (χ1) is 13.7. The number of methoxy groups -OCH3 is 2. The largest absolute Gasteiger partial charge is 0.496 e. The maximum atomic E-state index is 12.5. The van der Waals surface area contributed by atoms with Crippen LogP contribution in [0.3, 0.4) is 0 Å². The number of anilines is 1. The van der Waals surface area contributed by atoms with Crippen LogP contribution in [0.25, 0.3) is 0 Å². The number of pyridine rings is 1. The standard InChI is InChI=1S/C22H23N3O3/c1-27-20-9-5-3-7-16(20)14-24-18-11-12-23-19(13-18)22(26)25-15-17-8-4-6-10-21(17)28-2/h3-13H,14-15H2,1-2H3,(H,23,24)(H,25,26). The lowest BCUT2D eigenvalue weighted by molar-refractivity contribution is 0.0945. The Morgan fingerprint density at radius 1 is 0.893 bits per heavy atom. The van der Waals surface area contributed by atoms with Crippen LogP contribution in [0.1, 0.15) is 21.6 Å². The van der Waals surface area contributed by atoms with Crippen molar-refractivity contribution in [2.24, 2.45) is 0 Å². The van der Waals surface area contributed by atoms with Crippen molar-refractivity contribution < 1.29 is 14.3 Å². The van der Waals surface area contributed by atoms with Crippen molar-refractivity contribution in [2.75, 3.05) is 19.5 Å². The number of carbonyl (C=O) groups is 1. The molecule has 3 rings (SSSR count). The van der Waals surface area contributed by atoms with Gasteiger partial charge in [-0.3, -0.25) is 9.78 Å². The Balaban J connectivity index is 1.63. The number of aromatic nitrogens is 1. The second kappa shape index (κ2) is 9.41. The van der Waals surface area contributed by atoms with Gasteiger partial charge < -0.3 is 20.1 Å². The highest BCUT2D eigenvalue weighted by Gasteiger charge is 2.10. The summed E-state index contributed by atoms with van der Waals surface area (Å²) in [5, 5.41) is 6.18. The normalized spacial score (nSPS) is 10.2. The Labute approximate surface area is 164 Å². The first-order valence-corrected chi connectivity index (χ1v) is 8.93. The smallest absolute Gasteiger partial charge is 0.270 e. The number of hydrogen-bond donors (Lipinski definition) is 2. The predicted octanol–water partition coefficient (Wildman–Crippen LogP) is 3.64. The van der Waals surface area contributed by atoms with E-state index in [9.17, 15) is 4.79 Å². The quantitative estimate of drug-likeness (QED) is 0.627. The van der Waals surface area contributed by atoms with Crippen molar-refractivity contribution in [1.29, 1.82) is 0 Å². The van der Waals surface area contributed by atoms with Gasteiger partial charge >= 0.3 is 0 Å². The van der Waals surface area contributed by atoms with E-state index in [4.69, 9.17) is 9.47 Å². The summed E-state index contributed by atoms with van der Waals surface area (Å²) in [5.41, 5.74) is 3.09. The van der Waals surface area contributed by atoms with E-state index in [1.165, 1.54) is 0 Å². The molecule has 0 spiro atoms. The molecule has 0 aliphatic rings. The number of ether oxygens (including phenoxy) is 2. The molecule has 2 N–H and O–H groups in total. The lowest BCUT2D eigenvalue weighted by Crippen LogP contribution is -2.24. The van der Waals surface area contributed by atoms with Crippen LogP contribution in [0, 0.1) is 0 Å². The summed E-state index contributed by atoms with van der Waals surface area (Å²) in [6.45, 7) is 0.944. The summed E-state index contributed by atoms with van der Waals surface area (Å²) in [5.74, 6) is 1.31. The number of rotatable bonds is 8. The molecule has 2 aromatic carbocycles. The number of nitrogens with zero attached hydrogens (tertiary/aromatic N) is 1. The van der Waals surface area contributed by atoms with Crippen molar-refractivity contribution in [2.45, 2.75) is 13.1 Å². The fourth-order valence-electron chi connectivity index (χ4n) is 2.83. The summed E-state index contributed by atoms with van der Waals surface area (Å²) in [6, 6.07) is 18.9. The summed E-state index contributed by atoms with van der Waals surface area (Å²) < 4.78 is 10.7. The van der Waals surface area contributed by atoms with Crippen LogP contribution >= 0.6 is 0 Å². The average molecular weight is 377 g/mol. The first kappa shape index (κ1) is 19.2. The van der Waals surface area contributed by atoms with Gasteiger partial charge in [-0.1, -0.05) is 36.4 Å². The van der Waals surface area contributed by atoms with Crippen LogP contribution in [-0.2, 0) is 13.1 Å². The molecule has 1 aromatic heterocycles. The van der Waals surface area contributed by atoms with Crippen LogP contribution in [0.4, 0.5) is 5.69 Å². The lowest BCUT2D eigenvalue weighted by Gasteiger charge is -2.12. The van der Waals surface area contributed by atoms with E-state index in [1.807, 2.05) is 54.6 Å². The van der Waals surface area contributed by atoms with Gasteiger partial charge in [0.15, 0.2) is 0 Å². The highest BCUT2D eigenvalue weighted by Crippen LogP contribution is 2.19. The summed E-state index contributed by atoms with van der Waals surface area (Å²) in [6.07, 6.45) is 1.61. The van der Waals surface area contributed by atoms with Gasteiger partial charge in [-0.05, 0) is 24.3 Å². The summed E-state index contributed by atoms with van der Waals surface area (Å²) in [7, 11) is 3.26. The Kier molecular flexibility index (Phi) is 6.46. The van der Waals surface area contributed by atoms with E-state index in [0.29, 0.717) is 18.8 Å². The number of benzene rings is 2. The minimum absolute atomic E-state index is 0.244. The summed E-state index contributed by atoms with van der Waals surface area (Å²) >= 11 is 0. The van der Waals surface area contributed by atoms with Gasteiger partial charge in [0.25, 0.3) is 5.91 Å². The molecule has 6 nitrogen and oxygen atoms in total. The highest BCUT2D eigenvalue weighted by molar-refractivity contribution is 5.93. The average Bonchev–Trinajstić information content (AvgIpc) is 2.76. The Bertz CT molecular complexity index is 944. The van der Waals surface area contributed by atoms with Gasteiger partial charge in [0.05, 0.1) is 14.2 Å². The van der Waals surface area contributed by atoms with Gasteiger partial charge in [0.2, 0.25) is 0 Å². The van der Waals surface area contributed by atoms with Crippen molar-refractivity contribution in [3.05, 3.63) is 83.7 Å². The molecular formula is C22H23N3O3. The minimum atomic E-state index is -0.244. The minimum Gasteiger partial charge on any atom is -0.496 e. The lowest BCUT2D eigenvalue weighted by atomic mass is 10.2. The van der Waals surface area contributed by atoms with Gasteiger partial charge in [-0.2, -0.15) is 0 Å². The molecule has 0 bridgehead atoms. The molecule has 6 heteroatoms. The Morgan fingerprint density at radius 3 is 2.14 bits per heavy atom. The van der Waals surface area contributed by atoms with Crippen LogP contribution in [0.15, 0.2) is 66.9 Å². The number of hydrogen-bond acceptors (Lipinski definition) is 5. The molecule has 0 aliphatic heterocycles. The number of amides is 1. The third-order valence-electron chi connectivity index (χ3n) is 4.30. The molecular weight excluding hydrogens is 354 g/mol.